The lowest BCUT2D eigenvalue weighted by molar-refractivity contribution is -0.123. The highest BCUT2D eigenvalue weighted by Gasteiger charge is 2.32. The lowest BCUT2D eigenvalue weighted by Crippen LogP contribution is -2.57. The molecule has 0 aliphatic carbocycles. The second kappa shape index (κ2) is 7.88. The Morgan fingerprint density at radius 3 is 2.80 bits per heavy atom. The molecule has 1 fully saturated rings. The zero-order valence-corrected chi connectivity index (χ0v) is 15.9. The van der Waals surface area contributed by atoms with Gasteiger partial charge in [-0.3, -0.25) is 4.79 Å². The summed E-state index contributed by atoms with van der Waals surface area (Å²) in [4.78, 5) is 12.0. The van der Waals surface area contributed by atoms with Gasteiger partial charge in [0.2, 0.25) is 15.9 Å². The first kappa shape index (κ1) is 19.9. The van der Waals surface area contributed by atoms with Gasteiger partial charge in [0, 0.05) is 37.1 Å². The molecule has 2 aromatic carbocycles. The van der Waals surface area contributed by atoms with E-state index in [1.807, 2.05) is 6.07 Å². The standard InChI is InChI=1S/C16H18ClN3O3S.ClH/c1-18-16(21)15-10-20(8-7-19-15)24(22,23)12-5-6-13-11(9-12)3-2-4-14(13)17;/h2-6,9,15,19H,7-8,10H2,1H3,(H,18,21);1H. The van der Waals surface area contributed by atoms with Crippen molar-refractivity contribution in [3.05, 3.63) is 41.4 Å². The van der Waals surface area contributed by atoms with Crippen molar-refractivity contribution in [2.24, 2.45) is 0 Å². The number of amides is 1. The van der Waals surface area contributed by atoms with Crippen molar-refractivity contribution >= 4 is 50.7 Å². The van der Waals surface area contributed by atoms with Crippen molar-refractivity contribution in [2.75, 3.05) is 26.7 Å². The number of likely N-dealkylation sites (N-methyl/N-ethyl adjacent to an activating group) is 1. The summed E-state index contributed by atoms with van der Waals surface area (Å²) >= 11 is 6.13. The number of fused-ring (bicyclic) bond motifs is 1. The molecule has 1 saturated heterocycles. The van der Waals surface area contributed by atoms with Crippen molar-refractivity contribution in [3.8, 4) is 0 Å². The molecule has 0 bridgehead atoms. The summed E-state index contributed by atoms with van der Waals surface area (Å²) in [5.41, 5.74) is 0. The summed E-state index contributed by atoms with van der Waals surface area (Å²) in [5.74, 6) is -0.222. The predicted octanol–water partition coefficient (Wildman–Crippen LogP) is 1.62. The molecule has 2 aromatic rings. The highest BCUT2D eigenvalue weighted by molar-refractivity contribution is 7.89. The van der Waals surface area contributed by atoms with E-state index in [4.69, 9.17) is 11.6 Å². The van der Waals surface area contributed by atoms with E-state index in [1.54, 1.807) is 30.3 Å². The molecule has 2 N–H and O–H groups in total. The average Bonchev–Trinajstić information content (AvgIpc) is 2.61. The Labute approximate surface area is 158 Å². The van der Waals surface area contributed by atoms with E-state index >= 15 is 0 Å². The highest BCUT2D eigenvalue weighted by atomic mass is 35.5. The molecule has 1 aliphatic heterocycles. The van der Waals surface area contributed by atoms with Crippen molar-refractivity contribution in [2.45, 2.75) is 10.9 Å². The molecule has 9 heteroatoms. The number of halogens is 2. The number of hydrogen-bond acceptors (Lipinski definition) is 4. The summed E-state index contributed by atoms with van der Waals surface area (Å²) in [6, 6.07) is 9.71. The molecule has 0 radical (unpaired) electrons. The van der Waals surface area contributed by atoms with E-state index in [9.17, 15) is 13.2 Å². The second-order valence-electron chi connectivity index (χ2n) is 5.61. The van der Waals surface area contributed by atoms with Gasteiger partial charge < -0.3 is 10.6 Å². The molecule has 1 amide bonds. The first-order chi connectivity index (χ1) is 11.4. The maximum absolute atomic E-state index is 12.9. The maximum atomic E-state index is 12.9. The van der Waals surface area contributed by atoms with Gasteiger partial charge in [0.05, 0.1) is 4.90 Å². The predicted molar refractivity (Wildman–Crippen MR) is 101 cm³/mol. The van der Waals surface area contributed by atoms with Crippen LogP contribution in [0.2, 0.25) is 5.02 Å². The molecule has 3 rings (SSSR count). The number of benzene rings is 2. The fourth-order valence-corrected chi connectivity index (χ4v) is 4.56. The maximum Gasteiger partial charge on any atom is 0.243 e. The van der Waals surface area contributed by atoms with Crippen LogP contribution in [0.1, 0.15) is 0 Å². The summed E-state index contributed by atoms with van der Waals surface area (Å²) in [6.07, 6.45) is 0. The normalized spacial score (nSPS) is 18.6. The Morgan fingerprint density at radius 2 is 2.08 bits per heavy atom. The molecule has 0 aromatic heterocycles. The third-order valence-electron chi connectivity index (χ3n) is 4.14. The van der Waals surface area contributed by atoms with Crippen molar-refractivity contribution < 1.29 is 13.2 Å². The summed E-state index contributed by atoms with van der Waals surface area (Å²) < 4.78 is 27.2. The molecule has 25 heavy (non-hydrogen) atoms. The van der Waals surface area contributed by atoms with Gasteiger partial charge in [-0.25, -0.2) is 8.42 Å². The number of nitrogens with zero attached hydrogens (tertiary/aromatic N) is 1. The van der Waals surface area contributed by atoms with Crippen LogP contribution >= 0.6 is 24.0 Å². The average molecular weight is 404 g/mol. The van der Waals surface area contributed by atoms with Crippen LogP contribution in [0.3, 0.4) is 0 Å². The Balaban J connectivity index is 0.00000225. The monoisotopic (exact) mass is 403 g/mol. The van der Waals surface area contributed by atoms with Crippen LogP contribution in [0.15, 0.2) is 41.3 Å². The zero-order valence-electron chi connectivity index (χ0n) is 13.5. The Bertz CT molecular complexity index is 889. The van der Waals surface area contributed by atoms with E-state index in [2.05, 4.69) is 10.6 Å². The molecule has 1 unspecified atom stereocenters. The Hall–Kier alpha value is -1.38. The Kier molecular flexibility index (Phi) is 6.29. The topological polar surface area (TPSA) is 78.5 Å². The zero-order chi connectivity index (χ0) is 17.3. The van der Waals surface area contributed by atoms with Crippen LogP contribution in [-0.2, 0) is 14.8 Å². The first-order valence-electron chi connectivity index (χ1n) is 7.57. The first-order valence-corrected chi connectivity index (χ1v) is 9.38. The number of rotatable bonds is 3. The van der Waals surface area contributed by atoms with Crippen LogP contribution in [0.25, 0.3) is 10.8 Å². The highest BCUT2D eigenvalue weighted by Crippen LogP contribution is 2.27. The van der Waals surface area contributed by atoms with Gasteiger partial charge in [-0.05, 0) is 23.6 Å². The van der Waals surface area contributed by atoms with Crippen LogP contribution < -0.4 is 10.6 Å². The van der Waals surface area contributed by atoms with Gasteiger partial charge >= 0.3 is 0 Å². The second-order valence-corrected chi connectivity index (χ2v) is 7.95. The molecule has 0 spiro atoms. The SMILES string of the molecule is CNC(=O)C1CN(S(=O)(=O)c2ccc3c(Cl)cccc3c2)CCN1.Cl. The molecule has 1 aliphatic rings. The van der Waals surface area contributed by atoms with Crippen LogP contribution in [-0.4, -0.2) is 51.4 Å². The molecule has 0 saturated carbocycles. The van der Waals surface area contributed by atoms with Crippen LogP contribution in [0.4, 0.5) is 0 Å². The minimum absolute atomic E-state index is 0. The van der Waals surface area contributed by atoms with E-state index in [0.29, 0.717) is 18.1 Å². The van der Waals surface area contributed by atoms with Crippen LogP contribution in [0.5, 0.6) is 0 Å². The smallest absolute Gasteiger partial charge is 0.243 e. The van der Waals surface area contributed by atoms with Crippen molar-refractivity contribution in [1.82, 2.24) is 14.9 Å². The minimum atomic E-state index is -3.67. The number of hydrogen-bond donors (Lipinski definition) is 2. The largest absolute Gasteiger partial charge is 0.358 e. The fraction of sp³-hybridized carbons (Fsp3) is 0.312. The third kappa shape index (κ3) is 3.91. The number of piperazine rings is 1. The number of carbonyl (C=O) groups excluding carboxylic acids is 1. The number of nitrogens with one attached hydrogen (secondary N) is 2. The van der Waals surface area contributed by atoms with Gasteiger partial charge in [-0.15, -0.1) is 12.4 Å². The van der Waals surface area contributed by atoms with Gasteiger partial charge in [-0.2, -0.15) is 4.31 Å². The van der Waals surface area contributed by atoms with E-state index in [0.717, 1.165) is 10.8 Å². The van der Waals surface area contributed by atoms with Gasteiger partial charge in [0.15, 0.2) is 0 Å². The molecule has 1 atom stereocenters. The quantitative estimate of drug-likeness (QED) is 0.815. The molecule has 1 heterocycles. The minimum Gasteiger partial charge on any atom is -0.358 e. The van der Waals surface area contributed by atoms with Gasteiger partial charge in [0.25, 0.3) is 0 Å². The van der Waals surface area contributed by atoms with E-state index < -0.39 is 16.1 Å². The molecule has 136 valence electrons. The fourth-order valence-electron chi connectivity index (χ4n) is 2.82. The third-order valence-corrected chi connectivity index (χ3v) is 6.33. The molecular weight excluding hydrogens is 385 g/mol. The van der Waals surface area contributed by atoms with E-state index in [1.165, 1.54) is 11.4 Å². The lowest BCUT2D eigenvalue weighted by Gasteiger charge is -2.31. The van der Waals surface area contributed by atoms with Gasteiger partial charge in [0.1, 0.15) is 6.04 Å². The van der Waals surface area contributed by atoms with Crippen molar-refractivity contribution in [3.63, 3.8) is 0 Å². The molecular formula is C16H19Cl2N3O3S. The molecule has 6 nitrogen and oxygen atoms in total. The van der Waals surface area contributed by atoms with Gasteiger partial charge in [-0.1, -0.05) is 29.8 Å². The van der Waals surface area contributed by atoms with E-state index in [-0.39, 0.29) is 29.8 Å². The summed E-state index contributed by atoms with van der Waals surface area (Å²) in [6.45, 7) is 0.857. The number of sulfonamides is 1. The summed E-state index contributed by atoms with van der Waals surface area (Å²) in [5, 5.41) is 7.72. The Morgan fingerprint density at radius 1 is 1.32 bits per heavy atom. The number of carbonyl (C=O) groups is 1. The van der Waals surface area contributed by atoms with Crippen molar-refractivity contribution in [1.29, 1.82) is 0 Å². The summed E-state index contributed by atoms with van der Waals surface area (Å²) in [7, 11) is -2.14. The van der Waals surface area contributed by atoms with Crippen LogP contribution in [0, 0.1) is 0 Å². The lowest BCUT2D eigenvalue weighted by atomic mass is 10.1.